The van der Waals surface area contributed by atoms with Crippen LogP contribution in [-0.2, 0) is 14.8 Å². The average molecular weight is 408 g/mol. The molecule has 148 valence electrons. The Morgan fingerprint density at radius 2 is 1.86 bits per heavy atom. The molecule has 0 aliphatic rings. The minimum absolute atomic E-state index is 0.136. The molecule has 0 radical (unpaired) electrons. The van der Waals surface area contributed by atoms with Gasteiger partial charge in [-0.3, -0.25) is 10.1 Å². The van der Waals surface area contributed by atoms with Gasteiger partial charge in [-0.2, -0.15) is 0 Å². The summed E-state index contributed by atoms with van der Waals surface area (Å²) < 4.78 is 27.4. The Balaban J connectivity index is 1.83. The third-order valence-corrected chi connectivity index (χ3v) is 6.42. The van der Waals surface area contributed by atoms with Crippen LogP contribution < -0.4 is 5.32 Å². The summed E-state index contributed by atoms with van der Waals surface area (Å²) in [5.74, 6) is 0.237. The number of rotatable bonds is 5. The van der Waals surface area contributed by atoms with Crippen LogP contribution in [0.1, 0.15) is 19.0 Å². The van der Waals surface area contributed by atoms with Gasteiger partial charge in [-0.1, -0.05) is 37.3 Å². The van der Waals surface area contributed by atoms with Crippen molar-refractivity contribution >= 4 is 32.8 Å². The molecule has 0 atom stereocenters. The number of benzene rings is 2. The number of anilines is 1. The summed E-state index contributed by atoms with van der Waals surface area (Å²) in [5, 5.41) is 3.47. The molecular formula is C21H20N4O3S. The van der Waals surface area contributed by atoms with Crippen LogP contribution in [0.2, 0.25) is 0 Å². The topological polar surface area (TPSA) is 96.8 Å². The Morgan fingerprint density at radius 1 is 1.10 bits per heavy atom. The highest BCUT2D eigenvalue weighted by atomic mass is 32.2. The molecule has 0 saturated heterocycles. The van der Waals surface area contributed by atoms with Gasteiger partial charge in [-0.25, -0.2) is 17.4 Å². The SMILES string of the molecule is CCC(=O)Nc1nc(-c2cccc3c2ccn3S(=O)(=O)c2ccccc2)c(C)[nH]1. The smallest absolute Gasteiger partial charge is 0.268 e. The van der Waals surface area contributed by atoms with Crippen molar-refractivity contribution in [1.82, 2.24) is 13.9 Å². The van der Waals surface area contributed by atoms with Crippen LogP contribution in [0.3, 0.4) is 0 Å². The second-order valence-electron chi connectivity index (χ2n) is 6.63. The van der Waals surface area contributed by atoms with Gasteiger partial charge >= 0.3 is 0 Å². The standard InChI is InChI=1S/C21H20N4O3S/c1-3-19(26)23-21-22-14(2)20(24-21)17-10-7-11-18-16(17)12-13-25(18)29(27,28)15-8-5-4-6-9-15/h4-13H,3H2,1-2H3,(H2,22,23,24,26). The van der Waals surface area contributed by atoms with Gasteiger partial charge in [0.1, 0.15) is 0 Å². The van der Waals surface area contributed by atoms with E-state index in [2.05, 4.69) is 15.3 Å². The van der Waals surface area contributed by atoms with Crippen molar-refractivity contribution in [3.8, 4) is 11.3 Å². The van der Waals surface area contributed by atoms with Crippen molar-refractivity contribution in [2.24, 2.45) is 0 Å². The van der Waals surface area contributed by atoms with E-state index in [-0.39, 0.29) is 10.8 Å². The van der Waals surface area contributed by atoms with Crippen molar-refractivity contribution < 1.29 is 13.2 Å². The first-order valence-corrected chi connectivity index (χ1v) is 10.6. The van der Waals surface area contributed by atoms with E-state index >= 15 is 0 Å². The molecule has 8 heteroatoms. The van der Waals surface area contributed by atoms with Gasteiger partial charge < -0.3 is 4.98 Å². The summed E-state index contributed by atoms with van der Waals surface area (Å²) in [6.45, 7) is 3.63. The molecule has 0 fully saturated rings. The number of amides is 1. The number of aromatic amines is 1. The summed E-state index contributed by atoms with van der Waals surface area (Å²) in [4.78, 5) is 19.5. The van der Waals surface area contributed by atoms with Gasteiger partial charge in [0.05, 0.1) is 16.1 Å². The monoisotopic (exact) mass is 408 g/mol. The first kappa shape index (κ1) is 18.9. The highest BCUT2D eigenvalue weighted by Crippen LogP contribution is 2.32. The van der Waals surface area contributed by atoms with Crippen molar-refractivity contribution in [3.63, 3.8) is 0 Å². The molecule has 7 nitrogen and oxygen atoms in total. The largest absolute Gasteiger partial charge is 0.328 e. The van der Waals surface area contributed by atoms with E-state index in [1.54, 1.807) is 61.7 Å². The minimum Gasteiger partial charge on any atom is -0.328 e. The van der Waals surface area contributed by atoms with Gasteiger partial charge in [0, 0.05) is 29.3 Å². The van der Waals surface area contributed by atoms with Gasteiger partial charge in [0.2, 0.25) is 11.9 Å². The van der Waals surface area contributed by atoms with Crippen molar-refractivity contribution in [1.29, 1.82) is 0 Å². The fourth-order valence-electron chi connectivity index (χ4n) is 3.27. The number of imidazole rings is 1. The zero-order chi connectivity index (χ0) is 20.6. The number of carbonyl (C=O) groups is 1. The highest BCUT2D eigenvalue weighted by Gasteiger charge is 2.21. The van der Waals surface area contributed by atoms with Crippen LogP contribution in [0.25, 0.3) is 22.2 Å². The molecule has 2 N–H and O–H groups in total. The number of H-pyrrole nitrogens is 1. The third kappa shape index (κ3) is 3.31. The molecule has 4 rings (SSSR count). The van der Waals surface area contributed by atoms with E-state index in [0.717, 1.165) is 16.6 Å². The fraction of sp³-hybridized carbons (Fsp3) is 0.143. The summed E-state index contributed by atoms with van der Waals surface area (Å²) in [5.41, 5.74) is 2.79. The zero-order valence-corrected chi connectivity index (χ0v) is 16.8. The van der Waals surface area contributed by atoms with E-state index in [9.17, 15) is 13.2 Å². The number of nitrogens with one attached hydrogen (secondary N) is 2. The number of aromatic nitrogens is 3. The zero-order valence-electron chi connectivity index (χ0n) is 16.0. The van der Waals surface area contributed by atoms with Crippen LogP contribution in [0, 0.1) is 6.92 Å². The summed E-state index contributed by atoms with van der Waals surface area (Å²) >= 11 is 0. The van der Waals surface area contributed by atoms with Gasteiger partial charge in [-0.15, -0.1) is 0 Å². The normalized spacial score (nSPS) is 11.7. The van der Waals surface area contributed by atoms with Crippen molar-refractivity contribution in [2.75, 3.05) is 5.32 Å². The van der Waals surface area contributed by atoms with Crippen molar-refractivity contribution in [2.45, 2.75) is 25.2 Å². The number of hydrogen-bond acceptors (Lipinski definition) is 4. The molecule has 4 aromatic rings. The number of nitrogens with zero attached hydrogens (tertiary/aromatic N) is 2. The summed E-state index contributed by atoms with van der Waals surface area (Å²) in [7, 11) is -3.71. The second-order valence-corrected chi connectivity index (χ2v) is 8.44. The molecule has 2 heterocycles. The summed E-state index contributed by atoms with van der Waals surface area (Å²) in [6.07, 6.45) is 1.91. The molecule has 0 saturated carbocycles. The number of aryl methyl sites for hydroxylation is 1. The Bertz CT molecular complexity index is 1300. The highest BCUT2D eigenvalue weighted by molar-refractivity contribution is 7.90. The Kier molecular flexibility index (Phi) is 4.71. The Hall–Kier alpha value is -3.39. The maximum absolute atomic E-state index is 13.1. The molecule has 2 aromatic carbocycles. The minimum atomic E-state index is -3.71. The van der Waals surface area contributed by atoms with E-state index in [4.69, 9.17) is 0 Å². The average Bonchev–Trinajstić information content (AvgIpc) is 3.32. The quantitative estimate of drug-likeness (QED) is 0.523. The van der Waals surface area contributed by atoms with Crippen molar-refractivity contribution in [3.05, 3.63) is 66.5 Å². The van der Waals surface area contributed by atoms with Gasteiger partial charge in [0.25, 0.3) is 10.0 Å². The van der Waals surface area contributed by atoms with Crippen LogP contribution in [0.15, 0.2) is 65.7 Å². The van der Waals surface area contributed by atoms with Gasteiger partial charge in [0.15, 0.2) is 0 Å². The summed E-state index contributed by atoms with van der Waals surface area (Å²) in [6, 6.07) is 15.5. The fourth-order valence-corrected chi connectivity index (χ4v) is 4.63. The third-order valence-electron chi connectivity index (χ3n) is 4.72. The lowest BCUT2D eigenvalue weighted by atomic mass is 10.1. The molecule has 0 unspecified atom stereocenters. The molecule has 1 amide bonds. The first-order valence-electron chi connectivity index (χ1n) is 9.19. The number of hydrogen-bond donors (Lipinski definition) is 2. The lowest BCUT2D eigenvalue weighted by molar-refractivity contribution is -0.115. The van der Waals surface area contributed by atoms with E-state index in [1.807, 2.05) is 13.0 Å². The molecule has 0 spiro atoms. The Labute approximate surface area is 168 Å². The molecule has 0 aliphatic heterocycles. The maximum Gasteiger partial charge on any atom is 0.268 e. The lowest BCUT2D eigenvalue weighted by Gasteiger charge is -2.08. The van der Waals surface area contributed by atoms with Crippen LogP contribution in [0.4, 0.5) is 5.95 Å². The predicted octanol–water partition coefficient (Wildman–Crippen LogP) is 3.93. The maximum atomic E-state index is 13.1. The van der Waals surface area contributed by atoms with E-state index < -0.39 is 10.0 Å². The first-order chi connectivity index (χ1) is 13.9. The van der Waals surface area contributed by atoms with E-state index in [1.165, 1.54) is 3.97 Å². The lowest BCUT2D eigenvalue weighted by Crippen LogP contribution is -2.11. The van der Waals surface area contributed by atoms with Gasteiger partial charge in [-0.05, 0) is 31.2 Å². The number of fused-ring (bicyclic) bond motifs is 1. The van der Waals surface area contributed by atoms with E-state index in [0.29, 0.717) is 23.6 Å². The van der Waals surface area contributed by atoms with Crippen LogP contribution in [-0.4, -0.2) is 28.3 Å². The molecule has 29 heavy (non-hydrogen) atoms. The molecule has 2 aromatic heterocycles. The molecule has 0 aliphatic carbocycles. The second kappa shape index (κ2) is 7.21. The van der Waals surface area contributed by atoms with Crippen LogP contribution >= 0.6 is 0 Å². The van der Waals surface area contributed by atoms with Crippen LogP contribution in [0.5, 0.6) is 0 Å². The number of carbonyl (C=O) groups excluding carboxylic acids is 1. The molecule has 0 bridgehead atoms. The molecular weight excluding hydrogens is 388 g/mol. The predicted molar refractivity (Wildman–Crippen MR) is 112 cm³/mol. The Morgan fingerprint density at radius 3 is 2.59 bits per heavy atom.